The molecule has 5 nitrogen and oxygen atoms in total. The number of fused-ring (bicyclic) bond motifs is 1. The van der Waals surface area contributed by atoms with Crippen molar-refractivity contribution in [2.24, 2.45) is 4.99 Å². The zero-order valence-corrected chi connectivity index (χ0v) is 11.6. The molecule has 0 unspecified atom stereocenters. The number of benzene rings is 1. The predicted molar refractivity (Wildman–Crippen MR) is 74.1 cm³/mol. The quantitative estimate of drug-likeness (QED) is 0.834. The van der Waals surface area contributed by atoms with Gasteiger partial charge in [-0.2, -0.15) is 0 Å². The molecule has 0 aromatic heterocycles. The minimum atomic E-state index is -1.41. The largest absolute Gasteiger partial charge is 0.478 e. The van der Waals surface area contributed by atoms with E-state index in [-0.39, 0.29) is 5.71 Å². The maximum Gasteiger partial charge on any atom is 0.338 e. The number of rotatable bonds is 3. The van der Waals surface area contributed by atoms with E-state index in [2.05, 4.69) is 4.99 Å². The second-order valence-electron chi connectivity index (χ2n) is 5.42. The van der Waals surface area contributed by atoms with Crippen molar-refractivity contribution < 1.29 is 24.2 Å². The molecular weight excluding hydrogens is 277 g/mol. The molecule has 21 heavy (non-hydrogen) atoms. The molecular formula is C15H14FNO4. The molecule has 1 aromatic rings. The highest BCUT2D eigenvalue weighted by atomic mass is 19.1. The Hall–Kier alpha value is -2.50. The van der Waals surface area contributed by atoms with Crippen molar-refractivity contribution in [2.75, 3.05) is 0 Å². The van der Waals surface area contributed by atoms with Crippen molar-refractivity contribution in [2.45, 2.75) is 25.8 Å². The smallest absolute Gasteiger partial charge is 0.338 e. The van der Waals surface area contributed by atoms with Crippen molar-refractivity contribution in [3.05, 3.63) is 46.8 Å². The molecule has 1 aliphatic heterocycles. The molecule has 1 heterocycles. The molecule has 110 valence electrons. The average Bonchev–Trinajstić information content (AvgIpc) is 2.35. The van der Waals surface area contributed by atoms with Crippen molar-refractivity contribution in [3.63, 3.8) is 0 Å². The van der Waals surface area contributed by atoms with E-state index in [9.17, 15) is 19.1 Å². The van der Waals surface area contributed by atoms with Crippen LogP contribution in [0.2, 0.25) is 0 Å². The normalized spacial score (nSPS) is 16.9. The summed E-state index contributed by atoms with van der Waals surface area (Å²) in [5.74, 6) is -3.26. The van der Waals surface area contributed by atoms with E-state index in [0.717, 1.165) is 0 Å². The number of carboxylic acid groups (broad SMARTS) is 2. The van der Waals surface area contributed by atoms with Gasteiger partial charge in [-0.15, -0.1) is 0 Å². The van der Waals surface area contributed by atoms with E-state index < -0.39 is 28.9 Å². The highest BCUT2D eigenvalue weighted by Gasteiger charge is 2.32. The number of nitrogens with zero attached hydrogens (tertiary/aromatic N) is 1. The first-order valence-corrected chi connectivity index (χ1v) is 6.27. The molecule has 1 aromatic carbocycles. The third-order valence-corrected chi connectivity index (χ3v) is 3.15. The third-order valence-electron chi connectivity index (χ3n) is 3.15. The lowest BCUT2D eigenvalue weighted by molar-refractivity contribution is -0.134. The van der Waals surface area contributed by atoms with Crippen LogP contribution in [0.25, 0.3) is 0 Å². The van der Waals surface area contributed by atoms with Gasteiger partial charge in [0.25, 0.3) is 0 Å². The van der Waals surface area contributed by atoms with E-state index in [1.165, 1.54) is 12.1 Å². The topological polar surface area (TPSA) is 87.0 Å². The van der Waals surface area contributed by atoms with E-state index in [1.807, 2.05) is 0 Å². The van der Waals surface area contributed by atoms with Gasteiger partial charge in [-0.3, -0.25) is 4.99 Å². The molecule has 0 amide bonds. The highest BCUT2D eigenvalue weighted by molar-refractivity contribution is 6.28. The SMILES string of the molecule is CC1(C)Cc2c(F)cccc2C(/C(=C\C(=O)O)C(=O)O)=N1. The van der Waals surface area contributed by atoms with Crippen molar-refractivity contribution in [1.82, 2.24) is 0 Å². The maximum absolute atomic E-state index is 14.0. The summed E-state index contributed by atoms with van der Waals surface area (Å²) in [5, 5.41) is 18.1. The number of hydrogen-bond acceptors (Lipinski definition) is 3. The van der Waals surface area contributed by atoms with Gasteiger partial charge in [-0.05, 0) is 25.5 Å². The van der Waals surface area contributed by atoms with Gasteiger partial charge >= 0.3 is 11.9 Å². The molecule has 0 saturated carbocycles. The fourth-order valence-electron chi connectivity index (χ4n) is 2.36. The van der Waals surface area contributed by atoms with E-state index >= 15 is 0 Å². The summed E-state index contributed by atoms with van der Waals surface area (Å²) in [5.41, 5.74) is -0.496. The third kappa shape index (κ3) is 2.99. The Labute approximate surface area is 120 Å². The zero-order valence-electron chi connectivity index (χ0n) is 11.6. The summed E-state index contributed by atoms with van der Waals surface area (Å²) < 4.78 is 14.0. The van der Waals surface area contributed by atoms with E-state index in [4.69, 9.17) is 5.11 Å². The lowest BCUT2D eigenvalue weighted by Crippen LogP contribution is -2.32. The van der Waals surface area contributed by atoms with Gasteiger partial charge in [-0.25, -0.2) is 14.0 Å². The second kappa shape index (κ2) is 5.12. The molecule has 1 aliphatic rings. The number of aliphatic imine (C=N–C) groups is 1. The first-order valence-electron chi connectivity index (χ1n) is 6.27. The second-order valence-corrected chi connectivity index (χ2v) is 5.42. The van der Waals surface area contributed by atoms with Crippen LogP contribution in [0, 0.1) is 5.82 Å². The maximum atomic E-state index is 14.0. The Morgan fingerprint density at radius 2 is 2.00 bits per heavy atom. The summed E-state index contributed by atoms with van der Waals surface area (Å²) in [6.45, 7) is 3.48. The summed E-state index contributed by atoms with van der Waals surface area (Å²) in [6.07, 6.45) is 0.899. The van der Waals surface area contributed by atoms with Gasteiger partial charge in [-0.1, -0.05) is 12.1 Å². The zero-order chi connectivity index (χ0) is 15.8. The molecule has 0 saturated heterocycles. The number of halogens is 1. The minimum absolute atomic E-state index is 0.00403. The summed E-state index contributed by atoms with van der Waals surface area (Å²) in [4.78, 5) is 26.5. The van der Waals surface area contributed by atoms with Crippen LogP contribution in [-0.2, 0) is 16.0 Å². The van der Waals surface area contributed by atoms with Crippen LogP contribution in [-0.4, -0.2) is 33.4 Å². The van der Waals surface area contributed by atoms with Gasteiger partial charge in [0.2, 0.25) is 0 Å². The van der Waals surface area contributed by atoms with Crippen molar-refractivity contribution >= 4 is 17.7 Å². The lowest BCUT2D eigenvalue weighted by atomic mass is 9.84. The molecule has 2 N–H and O–H groups in total. The van der Waals surface area contributed by atoms with Crippen LogP contribution < -0.4 is 0 Å². The minimum Gasteiger partial charge on any atom is -0.478 e. The number of carboxylic acids is 2. The number of aliphatic carboxylic acids is 2. The van der Waals surface area contributed by atoms with Gasteiger partial charge in [0.15, 0.2) is 0 Å². The Kier molecular flexibility index (Phi) is 3.63. The molecule has 0 spiro atoms. The first-order chi connectivity index (χ1) is 9.71. The van der Waals surface area contributed by atoms with Crippen LogP contribution in [0.3, 0.4) is 0 Å². The van der Waals surface area contributed by atoms with Crippen molar-refractivity contribution in [1.29, 1.82) is 0 Å². The van der Waals surface area contributed by atoms with Crippen LogP contribution >= 0.6 is 0 Å². The van der Waals surface area contributed by atoms with Crippen LogP contribution in [0.4, 0.5) is 4.39 Å². The first kappa shape index (κ1) is 14.9. The van der Waals surface area contributed by atoms with Gasteiger partial charge < -0.3 is 10.2 Å². The van der Waals surface area contributed by atoms with Gasteiger partial charge in [0, 0.05) is 18.1 Å². The number of hydrogen-bond donors (Lipinski definition) is 2. The van der Waals surface area contributed by atoms with Gasteiger partial charge in [0.05, 0.1) is 16.8 Å². The predicted octanol–water partition coefficient (Wildman–Crippen LogP) is 2.05. The summed E-state index contributed by atoms with van der Waals surface area (Å²) in [7, 11) is 0. The Balaban J connectivity index is 2.71. The van der Waals surface area contributed by atoms with E-state index in [1.54, 1.807) is 19.9 Å². The van der Waals surface area contributed by atoms with Crippen molar-refractivity contribution in [3.8, 4) is 0 Å². The monoisotopic (exact) mass is 291 g/mol. The standard InChI is InChI=1S/C15H14FNO4/c1-15(2)7-10-8(4-3-5-11(10)16)13(17-15)9(14(20)21)6-12(18)19/h3-6H,7H2,1-2H3,(H,18,19)(H,20,21)/b9-6+. The molecule has 0 atom stereocenters. The molecule has 0 bridgehead atoms. The molecule has 6 heteroatoms. The molecule has 0 fully saturated rings. The van der Waals surface area contributed by atoms with Crippen LogP contribution in [0.15, 0.2) is 34.8 Å². The Morgan fingerprint density at radius 1 is 1.33 bits per heavy atom. The Morgan fingerprint density at radius 3 is 2.57 bits per heavy atom. The van der Waals surface area contributed by atoms with E-state index in [0.29, 0.717) is 23.6 Å². The fourth-order valence-corrected chi connectivity index (χ4v) is 2.36. The molecule has 0 radical (unpaired) electrons. The van der Waals surface area contributed by atoms with Gasteiger partial charge in [0.1, 0.15) is 5.82 Å². The fraction of sp³-hybridized carbons (Fsp3) is 0.267. The summed E-state index contributed by atoms with van der Waals surface area (Å²) >= 11 is 0. The number of carbonyl (C=O) groups is 2. The summed E-state index contributed by atoms with van der Waals surface area (Å²) in [6, 6.07) is 4.28. The Bertz CT molecular complexity index is 689. The van der Waals surface area contributed by atoms with Crippen LogP contribution in [0.5, 0.6) is 0 Å². The lowest BCUT2D eigenvalue weighted by Gasteiger charge is -2.29. The average molecular weight is 291 g/mol. The van der Waals surface area contributed by atoms with Crippen LogP contribution in [0.1, 0.15) is 25.0 Å². The molecule has 2 rings (SSSR count). The highest BCUT2D eigenvalue weighted by Crippen LogP contribution is 2.31. The molecule has 0 aliphatic carbocycles.